The number of nitrogens with zero attached hydrogens (tertiary/aromatic N) is 2. The Morgan fingerprint density at radius 3 is 2.60 bits per heavy atom. The first-order chi connectivity index (χ1) is 9.60. The van der Waals surface area contributed by atoms with Gasteiger partial charge in [-0.1, -0.05) is 37.8 Å². The Morgan fingerprint density at radius 1 is 1.35 bits per heavy atom. The van der Waals surface area contributed by atoms with Crippen LogP contribution in [0.2, 0.25) is 5.15 Å². The van der Waals surface area contributed by atoms with Crippen LogP contribution in [0, 0.1) is 22.0 Å². The molecule has 0 bridgehead atoms. The zero-order valence-electron chi connectivity index (χ0n) is 11.6. The number of nitrogens with one attached hydrogen (secondary N) is 1. The summed E-state index contributed by atoms with van der Waals surface area (Å²) in [7, 11) is 0. The van der Waals surface area contributed by atoms with Crippen molar-refractivity contribution >= 4 is 23.1 Å². The molecule has 0 saturated heterocycles. The van der Waals surface area contributed by atoms with E-state index in [1.807, 2.05) is 0 Å². The molecule has 1 aliphatic carbocycles. The Hall–Kier alpha value is -1.36. The smallest absolute Gasteiger partial charge is 0.311 e. The molecule has 0 atom stereocenters. The Bertz CT molecular complexity index is 473. The fourth-order valence-corrected chi connectivity index (χ4v) is 2.94. The zero-order valence-corrected chi connectivity index (χ0v) is 12.4. The van der Waals surface area contributed by atoms with Crippen molar-refractivity contribution in [1.82, 2.24) is 4.98 Å². The van der Waals surface area contributed by atoms with Gasteiger partial charge in [0.05, 0.1) is 4.92 Å². The second-order valence-electron chi connectivity index (χ2n) is 5.43. The lowest BCUT2D eigenvalue weighted by molar-refractivity contribution is -0.384. The second kappa shape index (κ2) is 6.88. The Labute approximate surface area is 123 Å². The van der Waals surface area contributed by atoms with Gasteiger partial charge in [0.2, 0.25) is 5.82 Å². The lowest BCUT2D eigenvalue weighted by Crippen LogP contribution is -2.21. The highest BCUT2D eigenvalue weighted by Crippen LogP contribution is 2.31. The van der Waals surface area contributed by atoms with Gasteiger partial charge in [-0.25, -0.2) is 4.98 Å². The van der Waals surface area contributed by atoms with Crippen LogP contribution in [0.5, 0.6) is 0 Å². The van der Waals surface area contributed by atoms with Crippen LogP contribution in [0.25, 0.3) is 0 Å². The molecule has 6 heteroatoms. The van der Waals surface area contributed by atoms with Crippen LogP contribution in [0.15, 0.2) is 12.1 Å². The third-order valence-electron chi connectivity index (χ3n) is 4.14. The van der Waals surface area contributed by atoms with Crippen LogP contribution >= 0.6 is 11.6 Å². The van der Waals surface area contributed by atoms with Gasteiger partial charge in [-0.05, 0) is 30.7 Å². The summed E-state index contributed by atoms with van der Waals surface area (Å²) in [6, 6.07) is 2.84. The second-order valence-corrected chi connectivity index (χ2v) is 5.82. The molecular formula is C14H20ClN3O2. The van der Waals surface area contributed by atoms with Crippen molar-refractivity contribution in [3.8, 4) is 0 Å². The van der Waals surface area contributed by atoms with Gasteiger partial charge in [-0.3, -0.25) is 10.1 Å². The van der Waals surface area contributed by atoms with Crippen molar-refractivity contribution in [2.75, 3.05) is 11.9 Å². The van der Waals surface area contributed by atoms with Crippen LogP contribution in [-0.4, -0.2) is 16.5 Å². The minimum Gasteiger partial charge on any atom is -0.364 e. The molecule has 0 amide bonds. The normalized spacial score (nSPS) is 22.5. The van der Waals surface area contributed by atoms with Gasteiger partial charge in [0.25, 0.3) is 0 Å². The van der Waals surface area contributed by atoms with E-state index >= 15 is 0 Å². The monoisotopic (exact) mass is 297 g/mol. The summed E-state index contributed by atoms with van der Waals surface area (Å²) in [6.45, 7) is 2.97. The van der Waals surface area contributed by atoms with Crippen molar-refractivity contribution in [3.05, 3.63) is 27.4 Å². The number of pyridine rings is 1. The van der Waals surface area contributed by atoms with Crippen molar-refractivity contribution in [1.29, 1.82) is 0 Å². The summed E-state index contributed by atoms with van der Waals surface area (Å²) in [4.78, 5) is 14.5. The molecule has 5 nitrogen and oxygen atoms in total. The predicted octanol–water partition coefficient (Wildman–Crippen LogP) is 4.27. The molecule has 0 aromatic carbocycles. The third-order valence-corrected chi connectivity index (χ3v) is 4.35. The predicted molar refractivity (Wildman–Crippen MR) is 80.1 cm³/mol. The standard InChI is InChI=1S/C14H20ClN3O2/c1-2-10-3-5-11(6-4-10)9-16-14-12(18(19)20)7-8-13(15)17-14/h7-8,10-11H,2-6,9H2,1H3,(H,16,17). The molecule has 0 aliphatic heterocycles. The average molecular weight is 298 g/mol. The summed E-state index contributed by atoms with van der Waals surface area (Å²) < 4.78 is 0. The Balaban J connectivity index is 1.94. The fourth-order valence-electron chi connectivity index (χ4n) is 2.79. The number of nitro groups is 1. The van der Waals surface area contributed by atoms with E-state index in [4.69, 9.17) is 11.6 Å². The van der Waals surface area contributed by atoms with Crippen molar-refractivity contribution in [2.45, 2.75) is 39.0 Å². The molecule has 20 heavy (non-hydrogen) atoms. The molecule has 0 radical (unpaired) electrons. The van der Waals surface area contributed by atoms with Crippen molar-refractivity contribution in [3.63, 3.8) is 0 Å². The molecule has 2 rings (SSSR count). The maximum atomic E-state index is 10.9. The summed E-state index contributed by atoms with van der Waals surface area (Å²) in [6.07, 6.45) is 6.13. The maximum Gasteiger partial charge on any atom is 0.311 e. The van der Waals surface area contributed by atoms with E-state index in [9.17, 15) is 10.1 Å². The van der Waals surface area contributed by atoms with Gasteiger partial charge < -0.3 is 5.32 Å². The van der Waals surface area contributed by atoms with Crippen LogP contribution in [0.4, 0.5) is 11.5 Å². The van der Waals surface area contributed by atoms with Crippen LogP contribution in [-0.2, 0) is 0 Å². The van der Waals surface area contributed by atoms with Gasteiger partial charge in [-0.2, -0.15) is 0 Å². The average Bonchev–Trinajstić information content (AvgIpc) is 2.45. The van der Waals surface area contributed by atoms with Gasteiger partial charge in [0.1, 0.15) is 5.15 Å². The number of hydrogen-bond donors (Lipinski definition) is 1. The first-order valence-electron chi connectivity index (χ1n) is 7.15. The third kappa shape index (κ3) is 3.82. The number of hydrogen-bond acceptors (Lipinski definition) is 4. The first-order valence-corrected chi connectivity index (χ1v) is 7.52. The summed E-state index contributed by atoms with van der Waals surface area (Å²) in [5.74, 6) is 1.70. The van der Waals surface area contributed by atoms with Gasteiger partial charge in [-0.15, -0.1) is 0 Å². The zero-order chi connectivity index (χ0) is 14.5. The molecule has 0 unspecified atom stereocenters. The van der Waals surface area contributed by atoms with E-state index in [-0.39, 0.29) is 16.7 Å². The molecule has 1 heterocycles. The lowest BCUT2D eigenvalue weighted by Gasteiger charge is -2.27. The molecular weight excluding hydrogens is 278 g/mol. The Morgan fingerprint density at radius 2 is 2.00 bits per heavy atom. The molecule has 1 N–H and O–H groups in total. The van der Waals surface area contributed by atoms with Gasteiger partial charge >= 0.3 is 5.69 Å². The molecule has 1 aliphatic rings. The highest BCUT2D eigenvalue weighted by Gasteiger charge is 2.21. The van der Waals surface area contributed by atoms with Gasteiger partial charge in [0, 0.05) is 12.6 Å². The summed E-state index contributed by atoms with van der Waals surface area (Å²) in [5, 5.41) is 14.3. The van der Waals surface area contributed by atoms with E-state index in [2.05, 4.69) is 17.2 Å². The lowest BCUT2D eigenvalue weighted by atomic mass is 9.81. The molecule has 1 fully saturated rings. The summed E-state index contributed by atoms with van der Waals surface area (Å²) >= 11 is 5.81. The highest BCUT2D eigenvalue weighted by molar-refractivity contribution is 6.29. The van der Waals surface area contributed by atoms with Crippen molar-refractivity contribution in [2.24, 2.45) is 11.8 Å². The van der Waals surface area contributed by atoms with Crippen LogP contribution < -0.4 is 5.32 Å². The number of aromatic nitrogens is 1. The topological polar surface area (TPSA) is 68.1 Å². The molecule has 110 valence electrons. The van der Waals surface area contributed by atoms with E-state index < -0.39 is 4.92 Å². The number of halogens is 1. The van der Waals surface area contributed by atoms with E-state index in [1.54, 1.807) is 0 Å². The van der Waals surface area contributed by atoms with E-state index in [0.717, 1.165) is 12.5 Å². The van der Waals surface area contributed by atoms with Crippen molar-refractivity contribution < 1.29 is 4.92 Å². The first kappa shape index (κ1) is 15.0. The molecule has 1 saturated carbocycles. The quantitative estimate of drug-likeness (QED) is 0.500. The minimum absolute atomic E-state index is 0.0170. The van der Waals surface area contributed by atoms with Crippen LogP contribution in [0.1, 0.15) is 39.0 Å². The fraction of sp³-hybridized carbons (Fsp3) is 0.643. The largest absolute Gasteiger partial charge is 0.364 e. The van der Waals surface area contributed by atoms with Gasteiger partial charge in [0.15, 0.2) is 0 Å². The summed E-state index contributed by atoms with van der Waals surface area (Å²) in [5.41, 5.74) is -0.0170. The number of anilines is 1. The number of rotatable bonds is 5. The van der Waals surface area contributed by atoms with Crippen LogP contribution in [0.3, 0.4) is 0 Å². The minimum atomic E-state index is -0.431. The maximum absolute atomic E-state index is 10.9. The van der Waals surface area contributed by atoms with E-state index in [0.29, 0.717) is 5.92 Å². The SMILES string of the molecule is CCC1CCC(CNc2nc(Cl)ccc2[N+](=O)[O-])CC1. The highest BCUT2D eigenvalue weighted by atomic mass is 35.5. The molecule has 1 aromatic heterocycles. The molecule has 0 spiro atoms. The molecule has 1 aromatic rings. The Kier molecular flexibility index (Phi) is 5.17. The van der Waals surface area contributed by atoms with E-state index in [1.165, 1.54) is 44.2 Å².